The zero-order valence-corrected chi connectivity index (χ0v) is 13.2. The summed E-state index contributed by atoms with van der Waals surface area (Å²) >= 11 is 10.9. The third kappa shape index (κ3) is 2.92. The van der Waals surface area contributed by atoms with Gasteiger partial charge in [-0.2, -0.15) is 9.78 Å². The fraction of sp³-hybridized carbons (Fsp3) is 0. The first-order valence-corrected chi connectivity index (χ1v) is 7.16. The van der Waals surface area contributed by atoms with Gasteiger partial charge in [0.1, 0.15) is 0 Å². The average molecular weight is 365 g/mol. The number of hydrogen-bond donors (Lipinski definition) is 1. The fourth-order valence-corrected chi connectivity index (χ4v) is 2.32. The monoisotopic (exact) mass is 364 g/mol. The number of benzene rings is 1. The maximum Gasteiger partial charge on any atom is 0.263 e. The second-order valence-electron chi connectivity index (χ2n) is 4.49. The smallest absolute Gasteiger partial charge is 0.263 e. The zero-order chi connectivity index (χ0) is 17.3. The number of H-pyrrole nitrogens is 1. The molecule has 3 aromatic rings. The molecule has 0 spiro atoms. The molecule has 0 saturated heterocycles. The number of halogens is 1. The molecule has 0 bridgehead atoms. The summed E-state index contributed by atoms with van der Waals surface area (Å²) in [5, 5.41) is 33.5. The van der Waals surface area contributed by atoms with Crippen LogP contribution in [0.3, 0.4) is 0 Å². The lowest BCUT2D eigenvalue weighted by atomic mass is 10.2. The zero-order valence-electron chi connectivity index (χ0n) is 11.7. The van der Waals surface area contributed by atoms with E-state index >= 15 is 0 Å². The topological polar surface area (TPSA) is 125 Å². The van der Waals surface area contributed by atoms with Crippen LogP contribution >= 0.6 is 23.8 Å². The van der Waals surface area contributed by atoms with Crippen LogP contribution in [0.15, 0.2) is 40.0 Å². The number of nitro groups is 1. The lowest BCUT2D eigenvalue weighted by Crippen LogP contribution is -2.03. The molecule has 11 heteroatoms. The number of nitrogens with zero attached hydrogens (tertiary/aromatic N) is 4. The minimum Gasteiger partial charge on any atom is -0.867 e. The molecule has 122 valence electrons. The molecule has 0 saturated carbocycles. The Bertz CT molecular complexity index is 992. The lowest BCUT2D eigenvalue weighted by molar-refractivity contribution is -0.398. The maximum absolute atomic E-state index is 12.1. The summed E-state index contributed by atoms with van der Waals surface area (Å²) in [6.07, 6.45) is 2.58. The number of aromatic amines is 1. The summed E-state index contributed by atoms with van der Waals surface area (Å²) in [5.41, 5.74) is -0.686. The molecule has 0 fully saturated rings. The maximum atomic E-state index is 12.1. The number of nitrogens with one attached hydrogen (secondary N) is 1. The lowest BCUT2D eigenvalue weighted by Gasteiger charge is -2.10. The molecular formula is C13H7ClN5O4S-. The second-order valence-corrected chi connectivity index (χ2v) is 5.31. The molecule has 1 aromatic carbocycles. The third-order valence-corrected chi connectivity index (χ3v) is 3.45. The van der Waals surface area contributed by atoms with Gasteiger partial charge in [0.15, 0.2) is 5.76 Å². The van der Waals surface area contributed by atoms with Gasteiger partial charge >= 0.3 is 0 Å². The summed E-state index contributed by atoms with van der Waals surface area (Å²) in [5.74, 6) is -0.119. The molecule has 0 atom stereocenters. The Hall–Kier alpha value is -2.98. The predicted octanol–water partition coefficient (Wildman–Crippen LogP) is 2.72. The van der Waals surface area contributed by atoms with E-state index in [1.807, 2.05) is 0 Å². The van der Waals surface area contributed by atoms with Gasteiger partial charge in [-0.1, -0.05) is 11.6 Å². The summed E-state index contributed by atoms with van der Waals surface area (Å²) in [4.78, 5) is 10.1. The molecule has 0 aliphatic carbocycles. The van der Waals surface area contributed by atoms with Crippen LogP contribution in [-0.4, -0.2) is 26.0 Å². The summed E-state index contributed by atoms with van der Waals surface area (Å²) in [7, 11) is 0. The van der Waals surface area contributed by atoms with Crippen molar-refractivity contribution < 1.29 is 14.4 Å². The van der Waals surface area contributed by atoms with Gasteiger partial charge < -0.3 is 9.52 Å². The fourth-order valence-electron chi connectivity index (χ4n) is 1.92. The van der Waals surface area contributed by atoms with Crippen molar-refractivity contribution in [3.63, 3.8) is 0 Å². The number of furan rings is 1. The van der Waals surface area contributed by atoms with Crippen LogP contribution in [0.1, 0.15) is 5.56 Å². The van der Waals surface area contributed by atoms with Crippen LogP contribution in [-0.2, 0) is 0 Å². The van der Waals surface area contributed by atoms with Crippen molar-refractivity contribution in [1.29, 1.82) is 0 Å². The van der Waals surface area contributed by atoms with Gasteiger partial charge in [0, 0.05) is 11.1 Å². The summed E-state index contributed by atoms with van der Waals surface area (Å²) < 4.78 is 6.60. The predicted molar refractivity (Wildman–Crippen MR) is 85.7 cm³/mol. The average Bonchev–Trinajstić information content (AvgIpc) is 3.17. The van der Waals surface area contributed by atoms with E-state index in [2.05, 4.69) is 15.3 Å². The minimum atomic E-state index is -0.803. The Morgan fingerprint density at radius 3 is 2.96 bits per heavy atom. The Kier molecular flexibility index (Phi) is 4.15. The molecule has 2 aromatic heterocycles. The SMILES string of the molecule is O=[N+]([O-])c1cc(Cl)cc(/C=N\n2c(-c3ccco3)n[nH]c2=S)c1[O-]. The third-order valence-electron chi connectivity index (χ3n) is 2.96. The van der Waals surface area contributed by atoms with Gasteiger partial charge in [-0.15, -0.1) is 5.10 Å². The van der Waals surface area contributed by atoms with E-state index < -0.39 is 16.4 Å². The van der Waals surface area contributed by atoms with Crippen molar-refractivity contribution in [2.45, 2.75) is 0 Å². The van der Waals surface area contributed by atoms with Crippen LogP contribution in [0.4, 0.5) is 5.69 Å². The van der Waals surface area contributed by atoms with E-state index in [4.69, 9.17) is 28.2 Å². The van der Waals surface area contributed by atoms with Crippen molar-refractivity contribution in [3.05, 3.63) is 56.0 Å². The van der Waals surface area contributed by atoms with Crippen LogP contribution < -0.4 is 5.11 Å². The number of aromatic nitrogens is 3. The van der Waals surface area contributed by atoms with E-state index in [0.29, 0.717) is 5.76 Å². The van der Waals surface area contributed by atoms with E-state index in [0.717, 1.165) is 12.3 Å². The van der Waals surface area contributed by atoms with Crippen molar-refractivity contribution in [2.24, 2.45) is 5.10 Å². The molecule has 1 N–H and O–H groups in total. The normalized spacial score (nSPS) is 11.2. The molecule has 9 nitrogen and oxygen atoms in total. The Morgan fingerprint density at radius 2 is 2.29 bits per heavy atom. The van der Waals surface area contributed by atoms with Gasteiger partial charge in [0.2, 0.25) is 10.6 Å². The molecular weight excluding hydrogens is 358 g/mol. The van der Waals surface area contributed by atoms with Gasteiger partial charge in [0.25, 0.3) is 5.69 Å². The van der Waals surface area contributed by atoms with Gasteiger partial charge in [0.05, 0.1) is 17.4 Å². The number of hydrogen-bond acceptors (Lipinski definition) is 7. The number of rotatable bonds is 4. The molecule has 0 unspecified atom stereocenters. The van der Waals surface area contributed by atoms with E-state index in [-0.39, 0.29) is 21.2 Å². The highest BCUT2D eigenvalue weighted by Gasteiger charge is 2.13. The minimum absolute atomic E-state index is 0.0461. The van der Waals surface area contributed by atoms with Crippen LogP contribution in [0.5, 0.6) is 5.75 Å². The van der Waals surface area contributed by atoms with E-state index in [9.17, 15) is 15.2 Å². The van der Waals surface area contributed by atoms with E-state index in [1.54, 1.807) is 12.1 Å². The highest BCUT2D eigenvalue weighted by atomic mass is 35.5. The first-order valence-electron chi connectivity index (χ1n) is 6.38. The Balaban J connectivity index is 2.06. The second kappa shape index (κ2) is 6.26. The van der Waals surface area contributed by atoms with Crippen molar-refractivity contribution >= 4 is 35.7 Å². The Labute approximate surface area is 144 Å². The molecule has 0 amide bonds. The highest BCUT2D eigenvalue weighted by molar-refractivity contribution is 7.71. The standard InChI is InChI=1S/C13H8ClN5O4S/c14-8-4-7(11(20)9(5-8)19(21)22)6-15-18-12(16-17-13(18)24)10-2-1-3-23-10/h1-6,20H,(H,17,24)/p-1/b15-6-. The van der Waals surface area contributed by atoms with Crippen LogP contribution in [0.25, 0.3) is 11.6 Å². The number of nitro benzene ring substituents is 1. The van der Waals surface area contributed by atoms with Crippen molar-refractivity contribution in [2.75, 3.05) is 0 Å². The van der Waals surface area contributed by atoms with Crippen LogP contribution in [0.2, 0.25) is 5.02 Å². The molecule has 24 heavy (non-hydrogen) atoms. The first kappa shape index (κ1) is 15.9. The Morgan fingerprint density at radius 1 is 1.50 bits per heavy atom. The van der Waals surface area contributed by atoms with Gasteiger partial charge in [-0.3, -0.25) is 10.1 Å². The molecule has 3 rings (SSSR count). The quantitative estimate of drug-likeness (QED) is 0.328. The molecule has 0 aliphatic rings. The summed E-state index contributed by atoms with van der Waals surface area (Å²) in [6.45, 7) is 0. The van der Waals surface area contributed by atoms with Gasteiger partial charge in [-0.25, -0.2) is 5.10 Å². The van der Waals surface area contributed by atoms with Gasteiger partial charge in [-0.05, 0) is 41.7 Å². The van der Waals surface area contributed by atoms with Crippen molar-refractivity contribution in [1.82, 2.24) is 14.9 Å². The van der Waals surface area contributed by atoms with Crippen molar-refractivity contribution in [3.8, 4) is 17.3 Å². The molecule has 0 radical (unpaired) electrons. The largest absolute Gasteiger partial charge is 0.867 e. The summed E-state index contributed by atoms with van der Waals surface area (Å²) in [6, 6.07) is 5.58. The first-order chi connectivity index (χ1) is 11.5. The van der Waals surface area contributed by atoms with E-state index in [1.165, 1.54) is 17.0 Å². The van der Waals surface area contributed by atoms with Crippen LogP contribution in [0, 0.1) is 14.9 Å². The molecule has 0 aliphatic heterocycles. The molecule has 2 heterocycles. The highest BCUT2D eigenvalue weighted by Crippen LogP contribution is 2.30.